The maximum atomic E-state index is 5.91. The Labute approximate surface area is 159 Å². The van der Waals surface area contributed by atoms with Gasteiger partial charge in [0.05, 0.1) is 19.3 Å². The summed E-state index contributed by atoms with van der Waals surface area (Å²) in [6.07, 6.45) is 2.73. The lowest BCUT2D eigenvalue weighted by atomic mass is 10.2. The molecule has 2 saturated heterocycles. The Balaban J connectivity index is 1.69. The van der Waals surface area contributed by atoms with Crippen LogP contribution in [-0.2, 0) is 9.47 Å². The molecule has 2 unspecified atom stereocenters. The summed E-state index contributed by atoms with van der Waals surface area (Å²) in [5.41, 5.74) is 0. The smallest absolute Gasteiger partial charge is 0.191 e. The summed E-state index contributed by atoms with van der Waals surface area (Å²) in [7, 11) is 3.60. The molecule has 0 amide bonds. The standard InChI is InChI=1S/C19H39N5O2/c1-16(2)14-23-8-11-26-18(15-23)13-22-19(20-3)21-12-17-6-5-7-24(17)9-10-25-4/h16-18H,5-15H2,1-4H3,(H2,20,21,22). The number of methoxy groups -OCH3 is 1. The van der Waals surface area contributed by atoms with Gasteiger partial charge in [-0.1, -0.05) is 13.8 Å². The van der Waals surface area contributed by atoms with E-state index in [1.54, 1.807) is 7.11 Å². The van der Waals surface area contributed by atoms with E-state index in [1.807, 2.05) is 7.05 Å². The van der Waals surface area contributed by atoms with Gasteiger partial charge in [-0.05, 0) is 25.3 Å². The molecule has 152 valence electrons. The summed E-state index contributed by atoms with van der Waals surface area (Å²) in [6.45, 7) is 13.3. The minimum atomic E-state index is 0.228. The molecule has 2 fully saturated rings. The second-order valence-corrected chi connectivity index (χ2v) is 7.81. The third kappa shape index (κ3) is 7.39. The highest BCUT2D eigenvalue weighted by Gasteiger charge is 2.24. The van der Waals surface area contributed by atoms with Crippen LogP contribution in [0.15, 0.2) is 4.99 Å². The van der Waals surface area contributed by atoms with Gasteiger partial charge in [0.15, 0.2) is 5.96 Å². The van der Waals surface area contributed by atoms with Gasteiger partial charge in [-0.3, -0.25) is 14.8 Å². The van der Waals surface area contributed by atoms with E-state index >= 15 is 0 Å². The minimum absolute atomic E-state index is 0.228. The van der Waals surface area contributed by atoms with Crippen LogP contribution in [0.1, 0.15) is 26.7 Å². The van der Waals surface area contributed by atoms with Crippen LogP contribution in [0, 0.1) is 5.92 Å². The predicted molar refractivity (Wildman–Crippen MR) is 107 cm³/mol. The maximum absolute atomic E-state index is 5.91. The zero-order valence-corrected chi connectivity index (χ0v) is 17.2. The van der Waals surface area contributed by atoms with Gasteiger partial charge in [0, 0.05) is 59.5 Å². The van der Waals surface area contributed by atoms with E-state index in [0.29, 0.717) is 12.0 Å². The van der Waals surface area contributed by atoms with Crippen molar-refractivity contribution in [2.24, 2.45) is 10.9 Å². The molecule has 2 atom stereocenters. The fourth-order valence-corrected chi connectivity index (χ4v) is 3.86. The van der Waals surface area contributed by atoms with Gasteiger partial charge in [0.2, 0.25) is 0 Å². The zero-order valence-electron chi connectivity index (χ0n) is 17.2. The minimum Gasteiger partial charge on any atom is -0.383 e. The van der Waals surface area contributed by atoms with Gasteiger partial charge in [-0.25, -0.2) is 0 Å². The molecule has 2 rings (SSSR count). The summed E-state index contributed by atoms with van der Waals surface area (Å²) in [5, 5.41) is 6.93. The van der Waals surface area contributed by atoms with E-state index in [9.17, 15) is 0 Å². The Bertz CT molecular complexity index is 419. The quantitative estimate of drug-likeness (QED) is 0.459. The van der Waals surface area contributed by atoms with Gasteiger partial charge in [-0.2, -0.15) is 0 Å². The SMILES string of the molecule is CN=C(NCC1CN(CC(C)C)CCO1)NCC1CCCN1CCOC. The number of nitrogens with zero attached hydrogens (tertiary/aromatic N) is 3. The molecule has 0 aromatic heterocycles. The zero-order chi connectivity index (χ0) is 18.8. The van der Waals surface area contributed by atoms with Gasteiger partial charge >= 0.3 is 0 Å². The van der Waals surface area contributed by atoms with Crippen molar-refractivity contribution in [2.45, 2.75) is 38.8 Å². The molecular formula is C19H39N5O2. The third-order valence-corrected chi connectivity index (χ3v) is 5.15. The second-order valence-electron chi connectivity index (χ2n) is 7.81. The molecule has 0 aromatic carbocycles. The topological polar surface area (TPSA) is 61.4 Å². The average Bonchev–Trinajstić information content (AvgIpc) is 3.07. The lowest BCUT2D eigenvalue weighted by Crippen LogP contribution is -2.51. The lowest BCUT2D eigenvalue weighted by molar-refractivity contribution is -0.0284. The molecule has 2 heterocycles. The molecule has 26 heavy (non-hydrogen) atoms. The monoisotopic (exact) mass is 369 g/mol. The van der Waals surface area contributed by atoms with Crippen molar-refractivity contribution < 1.29 is 9.47 Å². The number of likely N-dealkylation sites (tertiary alicyclic amines) is 1. The number of guanidine groups is 1. The Kier molecular flexibility index (Phi) is 9.67. The van der Waals surface area contributed by atoms with E-state index in [-0.39, 0.29) is 6.10 Å². The number of rotatable bonds is 9. The van der Waals surface area contributed by atoms with Crippen LogP contribution in [0.2, 0.25) is 0 Å². The number of aliphatic imine (C=N–C) groups is 1. The fourth-order valence-electron chi connectivity index (χ4n) is 3.86. The highest BCUT2D eigenvalue weighted by atomic mass is 16.5. The first kappa shape index (κ1) is 21.4. The summed E-state index contributed by atoms with van der Waals surface area (Å²) < 4.78 is 11.1. The van der Waals surface area contributed by atoms with E-state index in [0.717, 1.165) is 58.4 Å². The average molecular weight is 370 g/mol. The molecule has 0 radical (unpaired) electrons. The van der Waals surface area contributed by atoms with Crippen LogP contribution in [0.5, 0.6) is 0 Å². The van der Waals surface area contributed by atoms with E-state index in [4.69, 9.17) is 9.47 Å². The molecule has 7 heteroatoms. The van der Waals surface area contributed by atoms with Crippen LogP contribution in [-0.4, -0.2) is 101 Å². The molecule has 0 spiro atoms. The highest BCUT2D eigenvalue weighted by molar-refractivity contribution is 5.79. The normalized spacial score (nSPS) is 25.8. The maximum Gasteiger partial charge on any atom is 0.191 e. The van der Waals surface area contributed by atoms with Crippen molar-refractivity contribution in [1.29, 1.82) is 0 Å². The Morgan fingerprint density at radius 2 is 2.08 bits per heavy atom. The van der Waals surface area contributed by atoms with Gasteiger partial charge in [0.1, 0.15) is 0 Å². The van der Waals surface area contributed by atoms with Crippen LogP contribution >= 0.6 is 0 Å². The Hall–Kier alpha value is -0.890. The third-order valence-electron chi connectivity index (χ3n) is 5.15. The molecule has 2 aliphatic heterocycles. The van der Waals surface area contributed by atoms with Crippen molar-refractivity contribution in [3.05, 3.63) is 0 Å². The molecule has 0 aliphatic carbocycles. The molecule has 7 nitrogen and oxygen atoms in total. The van der Waals surface area contributed by atoms with Crippen molar-refractivity contribution in [3.63, 3.8) is 0 Å². The van der Waals surface area contributed by atoms with Crippen LogP contribution in [0.4, 0.5) is 0 Å². The molecular weight excluding hydrogens is 330 g/mol. The predicted octanol–water partition coefficient (Wildman–Crippen LogP) is 0.619. The molecule has 2 N–H and O–H groups in total. The Morgan fingerprint density at radius 3 is 2.81 bits per heavy atom. The van der Waals surface area contributed by atoms with E-state index in [2.05, 4.69) is 39.3 Å². The number of hydrogen-bond donors (Lipinski definition) is 2. The lowest BCUT2D eigenvalue weighted by Gasteiger charge is -2.34. The summed E-state index contributed by atoms with van der Waals surface area (Å²) in [5.74, 6) is 1.57. The summed E-state index contributed by atoms with van der Waals surface area (Å²) in [6, 6.07) is 0.566. The first-order valence-corrected chi connectivity index (χ1v) is 10.1. The summed E-state index contributed by atoms with van der Waals surface area (Å²) >= 11 is 0. The molecule has 2 aliphatic rings. The van der Waals surface area contributed by atoms with Crippen molar-refractivity contribution >= 4 is 5.96 Å². The first-order valence-electron chi connectivity index (χ1n) is 10.1. The van der Waals surface area contributed by atoms with E-state index in [1.165, 1.54) is 19.4 Å². The molecule has 0 aromatic rings. The van der Waals surface area contributed by atoms with Gasteiger partial charge in [0.25, 0.3) is 0 Å². The fraction of sp³-hybridized carbons (Fsp3) is 0.947. The molecule has 0 saturated carbocycles. The van der Waals surface area contributed by atoms with E-state index < -0.39 is 0 Å². The van der Waals surface area contributed by atoms with Gasteiger partial charge in [-0.15, -0.1) is 0 Å². The second kappa shape index (κ2) is 11.7. The number of ether oxygens (including phenoxy) is 2. The molecule has 0 bridgehead atoms. The summed E-state index contributed by atoms with van der Waals surface area (Å²) in [4.78, 5) is 9.38. The van der Waals surface area contributed by atoms with Crippen LogP contribution < -0.4 is 10.6 Å². The van der Waals surface area contributed by atoms with Crippen molar-refractivity contribution in [1.82, 2.24) is 20.4 Å². The van der Waals surface area contributed by atoms with Crippen molar-refractivity contribution in [3.8, 4) is 0 Å². The first-order chi connectivity index (χ1) is 12.6. The van der Waals surface area contributed by atoms with Crippen LogP contribution in [0.3, 0.4) is 0 Å². The number of nitrogens with one attached hydrogen (secondary N) is 2. The number of hydrogen-bond acceptors (Lipinski definition) is 5. The largest absolute Gasteiger partial charge is 0.383 e. The highest BCUT2D eigenvalue weighted by Crippen LogP contribution is 2.15. The van der Waals surface area contributed by atoms with Crippen molar-refractivity contribution in [2.75, 3.05) is 73.2 Å². The Morgan fingerprint density at radius 1 is 1.27 bits per heavy atom. The van der Waals surface area contributed by atoms with Gasteiger partial charge < -0.3 is 20.1 Å². The van der Waals surface area contributed by atoms with Crippen LogP contribution in [0.25, 0.3) is 0 Å². The number of morpholine rings is 1.